The molecule has 0 bridgehead atoms. The number of ether oxygens (including phenoxy) is 1. The first-order valence-corrected chi connectivity index (χ1v) is 8.52. The maximum absolute atomic E-state index is 5.47. The van der Waals surface area contributed by atoms with Crippen LogP contribution in [0.15, 0.2) is 34.0 Å². The maximum atomic E-state index is 5.47. The van der Waals surface area contributed by atoms with Gasteiger partial charge < -0.3 is 10.1 Å². The van der Waals surface area contributed by atoms with Crippen molar-refractivity contribution in [3.63, 3.8) is 0 Å². The van der Waals surface area contributed by atoms with Crippen molar-refractivity contribution in [3.05, 3.63) is 40.9 Å². The quantitative estimate of drug-likeness (QED) is 0.787. The second-order valence-electron chi connectivity index (χ2n) is 4.42. The van der Waals surface area contributed by atoms with Gasteiger partial charge in [-0.25, -0.2) is 4.98 Å². The van der Waals surface area contributed by atoms with Gasteiger partial charge in [-0.2, -0.15) is 0 Å². The third-order valence-electron chi connectivity index (χ3n) is 2.94. The van der Waals surface area contributed by atoms with Gasteiger partial charge in [-0.3, -0.25) is 0 Å². The summed E-state index contributed by atoms with van der Waals surface area (Å²) in [6.45, 7) is 5.09. The topological polar surface area (TPSA) is 34.2 Å². The zero-order valence-electron chi connectivity index (χ0n) is 12.1. The molecule has 2 rings (SSSR count). The van der Waals surface area contributed by atoms with E-state index in [9.17, 15) is 0 Å². The van der Waals surface area contributed by atoms with Crippen LogP contribution in [-0.2, 0) is 0 Å². The first-order valence-electron chi connectivity index (χ1n) is 6.65. The highest BCUT2D eigenvalue weighted by Gasteiger charge is 2.15. The molecule has 3 nitrogen and oxygen atoms in total. The molecule has 0 amide bonds. The van der Waals surface area contributed by atoms with Crippen LogP contribution in [-0.4, -0.2) is 24.4 Å². The second-order valence-corrected chi connectivity index (χ2v) is 6.54. The molecule has 1 aromatic heterocycles. The number of aromatic nitrogens is 1. The molecule has 0 aliphatic heterocycles. The van der Waals surface area contributed by atoms with E-state index in [0.717, 1.165) is 28.1 Å². The van der Waals surface area contributed by atoms with E-state index in [-0.39, 0.29) is 6.04 Å². The van der Waals surface area contributed by atoms with Crippen LogP contribution in [0.5, 0.6) is 5.75 Å². The molecule has 1 aromatic carbocycles. The Bertz CT molecular complexity index is 542. The molecule has 0 radical (unpaired) electrons. The minimum absolute atomic E-state index is 0.269. The number of methoxy groups -OCH3 is 1. The molecule has 0 saturated heterocycles. The Hall–Kier alpha value is -1.04. The van der Waals surface area contributed by atoms with Gasteiger partial charge in [0.15, 0.2) is 0 Å². The van der Waals surface area contributed by atoms with E-state index < -0.39 is 0 Å². The molecule has 0 aliphatic carbocycles. The van der Waals surface area contributed by atoms with E-state index in [2.05, 4.69) is 34.7 Å². The Morgan fingerprint density at radius 1 is 1.40 bits per heavy atom. The molecular weight excluding hydrogens is 288 g/mol. The van der Waals surface area contributed by atoms with Crippen molar-refractivity contribution in [1.82, 2.24) is 10.3 Å². The molecule has 1 heterocycles. The second kappa shape index (κ2) is 7.67. The highest BCUT2D eigenvalue weighted by molar-refractivity contribution is 8.01. The lowest BCUT2D eigenvalue weighted by atomic mass is 10.1. The van der Waals surface area contributed by atoms with E-state index >= 15 is 0 Å². The summed E-state index contributed by atoms with van der Waals surface area (Å²) in [5, 5.41) is 5.62. The number of aryl methyl sites for hydroxylation is 1. The molecule has 1 atom stereocenters. The van der Waals surface area contributed by atoms with Crippen LogP contribution in [0.1, 0.15) is 24.2 Å². The zero-order chi connectivity index (χ0) is 14.4. The van der Waals surface area contributed by atoms with E-state index in [1.807, 2.05) is 19.1 Å². The number of para-hydroxylation sites is 1. The minimum atomic E-state index is 0.269. The fourth-order valence-electron chi connectivity index (χ4n) is 2.01. The number of benzene rings is 1. The van der Waals surface area contributed by atoms with Gasteiger partial charge in [0.05, 0.1) is 7.11 Å². The summed E-state index contributed by atoms with van der Waals surface area (Å²) >= 11 is 3.50. The largest absolute Gasteiger partial charge is 0.496 e. The average molecular weight is 308 g/mol. The Balaban J connectivity index is 2.10. The van der Waals surface area contributed by atoms with Gasteiger partial charge in [0, 0.05) is 28.4 Å². The van der Waals surface area contributed by atoms with Gasteiger partial charge in [0.1, 0.15) is 10.1 Å². The molecule has 108 valence electrons. The van der Waals surface area contributed by atoms with E-state index in [1.54, 1.807) is 30.2 Å². The summed E-state index contributed by atoms with van der Waals surface area (Å²) in [4.78, 5) is 4.50. The van der Waals surface area contributed by atoms with Gasteiger partial charge in [-0.05, 0) is 19.5 Å². The number of thioether (sulfide) groups is 1. The fourth-order valence-corrected chi connectivity index (χ4v) is 3.97. The summed E-state index contributed by atoms with van der Waals surface area (Å²) in [5.74, 6) is 1.88. The highest BCUT2D eigenvalue weighted by Crippen LogP contribution is 2.31. The van der Waals surface area contributed by atoms with E-state index in [4.69, 9.17) is 4.74 Å². The van der Waals surface area contributed by atoms with Crippen LogP contribution in [0.3, 0.4) is 0 Å². The number of thiazole rings is 1. The van der Waals surface area contributed by atoms with Gasteiger partial charge >= 0.3 is 0 Å². The summed E-state index contributed by atoms with van der Waals surface area (Å²) in [5.41, 5.74) is 2.30. The standard InChI is InChI=1S/C15H20N2OS2/c1-4-16-13(10-20-15-17-11(2)9-19-15)12-7-5-6-8-14(12)18-3/h5-9,13,16H,4,10H2,1-3H3. The molecule has 0 fully saturated rings. The first-order chi connectivity index (χ1) is 9.74. The van der Waals surface area contributed by atoms with E-state index in [0.29, 0.717) is 0 Å². The van der Waals surface area contributed by atoms with Crippen LogP contribution in [0.4, 0.5) is 0 Å². The molecular formula is C15H20N2OS2. The monoisotopic (exact) mass is 308 g/mol. The summed E-state index contributed by atoms with van der Waals surface area (Å²) in [7, 11) is 1.72. The van der Waals surface area contributed by atoms with Crippen molar-refractivity contribution >= 4 is 23.1 Å². The van der Waals surface area contributed by atoms with Crippen LogP contribution in [0.2, 0.25) is 0 Å². The van der Waals surface area contributed by atoms with Crippen molar-refractivity contribution in [1.29, 1.82) is 0 Å². The molecule has 0 spiro atoms. The lowest BCUT2D eigenvalue weighted by molar-refractivity contribution is 0.403. The Morgan fingerprint density at radius 2 is 2.20 bits per heavy atom. The molecule has 5 heteroatoms. The van der Waals surface area contributed by atoms with Gasteiger partial charge in [-0.15, -0.1) is 11.3 Å². The number of hydrogen-bond acceptors (Lipinski definition) is 5. The van der Waals surface area contributed by atoms with Crippen molar-refractivity contribution in [2.45, 2.75) is 24.2 Å². The Kier molecular flexibility index (Phi) is 5.88. The lowest BCUT2D eigenvalue weighted by Gasteiger charge is -2.19. The molecule has 1 unspecified atom stereocenters. The van der Waals surface area contributed by atoms with Gasteiger partial charge in [0.25, 0.3) is 0 Å². The number of hydrogen-bond donors (Lipinski definition) is 1. The number of nitrogens with zero attached hydrogens (tertiary/aromatic N) is 1. The minimum Gasteiger partial charge on any atom is -0.496 e. The first kappa shape index (κ1) is 15.4. The SMILES string of the molecule is CCNC(CSc1nc(C)cs1)c1ccccc1OC. The summed E-state index contributed by atoms with van der Waals surface area (Å²) in [6, 6.07) is 8.46. The van der Waals surface area contributed by atoms with Crippen LogP contribution in [0.25, 0.3) is 0 Å². The van der Waals surface area contributed by atoms with Crippen molar-refractivity contribution in [3.8, 4) is 5.75 Å². The van der Waals surface area contributed by atoms with Crippen LogP contribution < -0.4 is 10.1 Å². The van der Waals surface area contributed by atoms with Crippen molar-refractivity contribution < 1.29 is 4.74 Å². The molecule has 2 aromatic rings. The third-order valence-corrected chi connectivity index (χ3v) is 5.17. The molecule has 0 aliphatic rings. The molecule has 20 heavy (non-hydrogen) atoms. The van der Waals surface area contributed by atoms with Crippen molar-refractivity contribution in [2.75, 3.05) is 19.4 Å². The van der Waals surface area contributed by atoms with Crippen LogP contribution in [0, 0.1) is 6.92 Å². The summed E-state index contributed by atoms with van der Waals surface area (Å²) < 4.78 is 6.59. The Labute approximate surface area is 128 Å². The normalized spacial score (nSPS) is 12.3. The maximum Gasteiger partial charge on any atom is 0.150 e. The predicted octanol–water partition coefficient (Wildman–Crippen LogP) is 3.90. The zero-order valence-corrected chi connectivity index (χ0v) is 13.7. The lowest BCUT2D eigenvalue weighted by Crippen LogP contribution is -2.23. The van der Waals surface area contributed by atoms with Gasteiger partial charge in [-0.1, -0.05) is 36.9 Å². The highest BCUT2D eigenvalue weighted by atomic mass is 32.2. The number of nitrogens with one attached hydrogen (secondary N) is 1. The summed E-state index contributed by atoms with van der Waals surface area (Å²) in [6.07, 6.45) is 0. The molecule has 1 N–H and O–H groups in total. The average Bonchev–Trinajstić information content (AvgIpc) is 2.89. The third kappa shape index (κ3) is 3.98. The van der Waals surface area contributed by atoms with Crippen molar-refractivity contribution in [2.24, 2.45) is 0 Å². The van der Waals surface area contributed by atoms with Gasteiger partial charge in [0.2, 0.25) is 0 Å². The molecule has 0 saturated carbocycles. The predicted molar refractivity (Wildman–Crippen MR) is 87.0 cm³/mol. The Morgan fingerprint density at radius 3 is 2.85 bits per heavy atom. The van der Waals surface area contributed by atoms with Crippen LogP contribution >= 0.6 is 23.1 Å². The van der Waals surface area contributed by atoms with E-state index in [1.165, 1.54) is 5.56 Å². The fraction of sp³-hybridized carbons (Fsp3) is 0.400. The smallest absolute Gasteiger partial charge is 0.150 e. The number of rotatable bonds is 7.